The zero-order valence-corrected chi connectivity index (χ0v) is 13.6. The third-order valence-corrected chi connectivity index (χ3v) is 3.99. The molecule has 0 N–H and O–H groups in total. The molecule has 0 atom stereocenters. The fourth-order valence-electron chi connectivity index (χ4n) is 2.72. The number of nitro benzene ring substituents is 1. The molecule has 0 unspecified atom stereocenters. The molecular formula is C18H14N2O6. The molecule has 2 aromatic rings. The fourth-order valence-corrected chi connectivity index (χ4v) is 2.72. The average molecular weight is 354 g/mol. The van der Waals surface area contributed by atoms with E-state index in [9.17, 15) is 24.5 Å². The van der Waals surface area contributed by atoms with E-state index in [1.54, 1.807) is 24.3 Å². The van der Waals surface area contributed by atoms with Gasteiger partial charge in [-0.1, -0.05) is 12.1 Å². The first kappa shape index (κ1) is 17.3. The number of nitro groups is 1. The van der Waals surface area contributed by atoms with Gasteiger partial charge in [0.1, 0.15) is 5.75 Å². The largest absolute Gasteiger partial charge is 0.493 e. The lowest BCUT2D eigenvalue weighted by Gasteiger charge is -2.14. The first-order valence-electron chi connectivity index (χ1n) is 7.84. The van der Waals surface area contributed by atoms with E-state index < -0.39 is 4.92 Å². The zero-order chi connectivity index (χ0) is 18.7. The van der Waals surface area contributed by atoms with Crippen LogP contribution in [-0.2, 0) is 0 Å². The quantitative estimate of drug-likeness (QED) is 0.249. The minimum atomic E-state index is -0.598. The van der Waals surface area contributed by atoms with E-state index in [2.05, 4.69) is 0 Å². The predicted octanol–water partition coefficient (Wildman–Crippen LogP) is 2.47. The maximum Gasteiger partial charge on any atom is 0.270 e. The van der Waals surface area contributed by atoms with Gasteiger partial charge in [0, 0.05) is 18.7 Å². The van der Waals surface area contributed by atoms with E-state index in [0.29, 0.717) is 23.8 Å². The lowest BCUT2D eigenvalue weighted by molar-refractivity contribution is -0.384. The number of aldehydes is 1. The number of hydrogen-bond acceptors (Lipinski definition) is 6. The summed E-state index contributed by atoms with van der Waals surface area (Å²) in [6, 6.07) is 10.3. The molecule has 1 aliphatic heterocycles. The second kappa shape index (κ2) is 7.14. The number of hydrogen-bond donors (Lipinski definition) is 0. The van der Waals surface area contributed by atoms with Gasteiger partial charge in [-0.25, -0.2) is 0 Å². The average Bonchev–Trinajstić information content (AvgIpc) is 2.90. The molecule has 26 heavy (non-hydrogen) atoms. The van der Waals surface area contributed by atoms with Crippen LogP contribution in [0.15, 0.2) is 42.5 Å². The number of ether oxygens (including phenoxy) is 1. The zero-order valence-electron chi connectivity index (χ0n) is 13.6. The number of fused-ring (bicyclic) bond motifs is 1. The van der Waals surface area contributed by atoms with Gasteiger partial charge in [0.2, 0.25) is 0 Å². The molecular weight excluding hydrogens is 340 g/mol. The SMILES string of the molecule is O=Cc1cc([N+](=O)[O-])ccc1OCCCN1C(=O)c2ccccc2C1=O. The molecule has 0 radical (unpaired) electrons. The van der Waals surface area contributed by atoms with Gasteiger partial charge in [0.15, 0.2) is 6.29 Å². The van der Waals surface area contributed by atoms with Crippen LogP contribution in [-0.4, -0.2) is 41.1 Å². The van der Waals surface area contributed by atoms with Crippen LogP contribution >= 0.6 is 0 Å². The highest BCUT2D eigenvalue weighted by molar-refractivity contribution is 6.21. The summed E-state index contributed by atoms with van der Waals surface area (Å²) < 4.78 is 5.47. The van der Waals surface area contributed by atoms with Gasteiger partial charge in [-0.3, -0.25) is 29.4 Å². The van der Waals surface area contributed by atoms with Crippen LogP contribution in [0, 0.1) is 10.1 Å². The molecule has 0 aliphatic carbocycles. The summed E-state index contributed by atoms with van der Waals surface area (Å²) >= 11 is 0. The van der Waals surface area contributed by atoms with Crippen molar-refractivity contribution in [1.82, 2.24) is 4.90 Å². The van der Waals surface area contributed by atoms with Crippen molar-refractivity contribution in [3.05, 3.63) is 69.3 Å². The smallest absolute Gasteiger partial charge is 0.270 e. The van der Waals surface area contributed by atoms with Crippen molar-refractivity contribution in [1.29, 1.82) is 0 Å². The Balaban J connectivity index is 1.59. The van der Waals surface area contributed by atoms with Crippen molar-refractivity contribution < 1.29 is 24.0 Å². The molecule has 0 saturated heterocycles. The van der Waals surface area contributed by atoms with Crippen LogP contribution in [0.5, 0.6) is 5.75 Å². The van der Waals surface area contributed by atoms with E-state index in [1.165, 1.54) is 12.1 Å². The van der Waals surface area contributed by atoms with E-state index in [-0.39, 0.29) is 42.0 Å². The van der Waals surface area contributed by atoms with Gasteiger partial charge in [-0.15, -0.1) is 0 Å². The Morgan fingerprint density at radius 1 is 1.08 bits per heavy atom. The summed E-state index contributed by atoms with van der Waals surface area (Å²) in [5, 5.41) is 10.7. The van der Waals surface area contributed by atoms with Crippen molar-refractivity contribution in [2.24, 2.45) is 0 Å². The maximum absolute atomic E-state index is 12.2. The van der Waals surface area contributed by atoms with Crippen LogP contribution in [0.25, 0.3) is 0 Å². The Hall–Kier alpha value is -3.55. The highest BCUT2D eigenvalue weighted by Crippen LogP contribution is 2.24. The molecule has 3 rings (SSSR count). The summed E-state index contributed by atoms with van der Waals surface area (Å²) in [6.45, 7) is 0.321. The first-order chi connectivity index (χ1) is 12.5. The van der Waals surface area contributed by atoms with Gasteiger partial charge in [-0.05, 0) is 24.6 Å². The van der Waals surface area contributed by atoms with Crippen molar-refractivity contribution in [2.75, 3.05) is 13.2 Å². The van der Waals surface area contributed by atoms with Gasteiger partial charge >= 0.3 is 0 Å². The minimum Gasteiger partial charge on any atom is -0.493 e. The topological polar surface area (TPSA) is 107 Å². The predicted molar refractivity (Wildman–Crippen MR) is 90.4 cm³/mol. The lowest BCUT2D eigenvalue weighted by atomic mass is 10.1. The monoisotopic (exact) mass is 354 g/mol. The number of nitrogens with zero attached hydrogens (tertiary/aromatic N) is 2. The Labute approximate surface area is 148 Å². The molecule has 2 amide bonds. The van der Waals surface area contributed by atoms with Crippen molar-refractivity contribution >= 4 is 23.8 Å². The van der Waals surface area contributed by atoms with Gasteiger partial charge in [-0.2, -0.15) is 0 Å². The maximum atomic E-state index is 12.2. The van der Waals surface area contributed by atoms with Gasteiger partial charge in [0.25, 0.3) is 17.5 Å². The van der Waals surface area contributed by atoms with Crippen LogP contribution in [0.1, 0.15) is 37.5 Å². The first-order valence-corrected chi connectivity index (χ1v) is 7.84. The third kappa shape index (κ3) is 3.16. The van der Waals surface area contributed by atoms with Gasteiger partial charge in [0.05, 0.1) is 28.2 Å². The van der Waals surface area contributed by atoms with Crippen LogP contribution in [0.3, 0.4) is 0 Å². The van der Waals surface area contributed by atoms with E-state index in [4.69, 9.17) is 4.74 Å². The highest BCUT2D eigenvalue weighted by Gasteiger charge is 2.34. The fraction of sp³-hybridized carbons (Fsp3) is 0.167. The molecule has 2 aromatic carbocycles. The third-order valence-electron chi connectivity index (χ3n) is 3.99. The molecule has 0 bridgehead atoms. The summed E-state index contributed by atoms with van der Waals surface area (Å²) in [5.74, 6) is -0.461. The molecule has 0 saturated carbocycles. The molecule has 8 nitrogen and oxygen atoms in total. The Bertz CT molecular complexity index is 873. The summed E-state index contributed by atoms with van der Waals surface area (Å²) in [6.07, 6.45) is 0.841. The molecule has 8 heteroatoms. The molecule has 0 fully saturated rings. The summed E-state index contributed by atoms with van der Waals surface area (Å²) in [7, 11) is 0. The standard InChI is InChI=1S/C18H14N2O6/c21-11-12-10-13(20(24)25)6-7-16(12)26-9-3-8-19-17(22)14-4-1-2-5-15(14)18(19)23/h1-2,4-7,10-11H,3,8-9H2. The number of carbonyl (C=O) groups excluding carboxylic acids is 3. The van der Waals surface area contributed by atoms with Crippen LogP contribution in [0.4, 0.5) is 5.69 Å². The Morgan fingerprint density at radius 3 is 2.31 bits per heavy atom. The van der Waals surface area contributed by atoms with Crippen LogP contribution < -0.4 is 4.74 Å². The van der Waals surface area contributed by atoms with E-state index >= 15 is 0 Å². The van der Waals surface area contributed by atoms with Crippen molar-refractivity contribution in [3.8, 4) is 5.75 Å². The molecule has 0 spiro atoms. The highest BCUT2D eigenvalue weighted by atomic mass is 16.6. The lowest BCUT2D eigenvalue weighted by Crippen LogP contribution is -2.31. The number of non-ortho nitro benzene ring substituents is 1. The Morgan fingerprint density at radius 2 is 1.73 bits per heavy atom. The van der Waals surface area contributed by atoms with E-state index in [1.807, 2.05) is 0 Å². The van der Waals surface area contributed by atoms with Crippen LogP contribution in [0.2, 0.25) is 0 Å². The molecule has 1 aliphatic rings. The van der Waals surface area contributed by atoms with Crippen molar-refractivity contribution in [2.45, 2.75) is 6.42 Å². The summed E-state index contributed by atoms with van der Waals surface area (Å²) in [4.78, 5) is 46.8. The minimum absolute atomic E-state index is 0.0694. The number of rotatable bonds is 7. The van der Waals surface area contributed by atoms with Gasteiger partial charge < -0.3 is 4.74 Å². The van der Waals surface area contributed by atoms with Crippen molar-refractivity contribution in [3.63, 3.8) is 0 Å². The summed E-state index contributed by atoms with van der Waals surface area (Å²) in [5.41, 5.74) is 0.638. The second-order valence-electron chi connectivity index (χ2n) is 5.61. The molecule has 0 aromatic heterocycles. The second-order valence-corrected chi connectivity index (χ2v) is 5.61. The number of amides is 2. The number of imide groups is 1. The molecule has 132 valence electrons. The molecule has 1 heterocycles. The van der Waals surface area contributed by atoms with E-state index in [0.717, 1.165) is 11.0 Å². The number of benzene rings is 2. The Kier molecular flexibility index (Phi) is 4.74. The normalized spacial score (nSPS) is 12.8. The number of carbonyl (C=O) groups is 3.